The molecule has 2 amide bonds. The quantitative estimate of drug-likeness (QED) is 0.631. The van der Waals surface area contributed by atoms with Gasteiger partial charge in [0.05, 0.1) is 6.04 Å². The van der Waals surface area contributed by atoms with E-state index < -0.39 is 17.9 Å². The summed E-state index contributed by atoms with van der Waals surface area (Å²) in [5, 5.41) is 1.93. The molecule has 13 heavy (non-hydrogen) atoms. The molecule has 0 aromatic rings. The summed E-state index contributed by atoms with van der Waals surface area (Å²) in [6.45, 7) is 2.61. The van der Waals surface area contributed by atoms with E-state index in [0.717, 1.165) is 11.8 Å². The standard InChI is InChI=1S/C7H12N2O3S/c1-4(10)9-7(12)6(8)3-13-5(2)11/h6H,3,8H2,1-2H3,(H,9,10,12). The van der Waals surface area contributed by atoms with Crippen LogP contribution < -0.4 is 11.1 Å². The molecule has 0 fully saturated rings. The number of carbonyl (C=O) groups is 3. The van der Waals surface area contributed by atoms with Crippen LogP contribution in [0.15, 0.2) is 0 Å². The summed E-state index contributed by atoms with van der Waals surface area (Å²) in [7, 11) is 0. The zero-order valence-corrected chi connectivity index (χ0v) is 8.31. The fourth-order valence-electron chi connectivity index (χ4n) is 0.549. The van der Waals surface area contributed by atoms with Crippen molar-refractivity contribution >= 4 is 28.7 Å². The van der Waals surface area contributed by atoms with Crippen LogP contribution in [0.1, 0.15) is 13.8 Å². The van der Waals surface area contributed by atoms with Crippen LogP contribution in [0.3, 0.4) is 0 Å². The molecule has 3 N–H and O–H groups in total. The van der Waals surface area contributed by atoms with Crippen molar-refractivity contribution in [2.24, 2.45) is 5.73 Å². The van der Waals surface area contributed by atoms with Crippen molar-refractivity contribution in [1.29, 1.82) is 0 Å². The highest BCUT2D eigenvalue weighted by molar-refractivity contribution is 8.13. The predicted molar refractivity (Wildman–Crippen MR) is 49.9 cm³/mol. The number of nitrogens with one attached hydrogen (secondary N) is 1. The lowest BCUT2D eigenvalue weighted by molar-refractivity contribution is -0.129. The molecule has 6 heteroatoms. The molecule has 0 rings (SSSR count). The van der Waals surface area contributed by atoms with Crippen molar-refractivity contribution in [3.8, 4) is 0 Å². The fourth-order valence-corrected chi connectivity index (χ4v) is 1.11. The minimum Gasteiger partial charge on any atom is -0.319 e. The van der Waals surface area contributed by atoms with Gasteiger partial charge in [0.15, 0.2) is 5.12 Å². The summed E-state index contributed by atoms with van der Waals surface area (Å²) in [6, 6.07) is -0.821. The number of nitrogens with two attached hydrogens (primary N) is 1. The number of thioether (sulfide) groups is 1. The van der Waals surface area contributed by atoms with Crippen molar-refractivity contribution in [1.82, 2.24) is 5.32 Å². The minimum atomic E-state index is -0.821. The third kappa shape index (κ3) is 6.30. The van der Waals surface area contributed by atoms with E-state index >= 15 is 0 Å². The first-order valence-electron chi connectivity index (χ1n) is 3.64. The van der Waals surface area contributed by atoms with Gasteiger partial charge in [-0.1, -0.05) is 11.8 Å². The van der Waals surface area contributed by atoms with Crippen LogP contribution in [-0.4, -0.2) is 28.7 Å². The van der Waals surface area contributed by atoms with E-state index in [1.54, 1.807) is 0 Å². The fraction of sp³-hybridized carbons (Fsp3) is 0.571. The lowest BCUT2D eigenvalue weighted by Crippen LogP contribution is -2.44. The molecule has 0 aliphatic carbocycles. The third-order valence-corrected chi connectivity index (χ3v) is 2.03. The second-order valence-corrected chi connectivity index (χ2v) is 3.65. The highest BCUT2D eigenvalue weighted by atomic mass is 32.2. The Morgan fingerprint density at radius 3 is 2.31 bits per heavy atom. The molecule has 1 atom stereocenters. The van der Waals surface area contributed by atoms with E-state index in [1.807, 2.05) is 5.32 Å². The van der Waals surface area contributed by atoms with Gasteiger partial charge in [0.1, 0.15) is 0 Å². The van der Waals surface area contributed by atoms with Crippen molar-refractivity contribution in [2.45, 2.75) is 19.9 Å². The Hall–Kier alpha value is -0.880. The first kappa shape index (κ1) is 12.1. The number of rotatable bonds is 3. The molecule has 0 aliphatic rings. The van der Waals surface area contributed by atoms with Gasteiger partial charge in [0, 0.05) is 19.6 Å². The van der Waals surface area contributed by atoms with Crippen LogP contribution in [0.5, 0.6) is 0 Å². The number of amides is 2. The van der Waals surface area contributed by atoms with E-state index in [-0.39, 0.29) is 10.9 Å². The molecule has 5 nitrogen and oxygen atoms in total. The molecular formula is C7H12N2O3S. The monoisotopic (exact) mass is 204 g/mol. The zero-order valence-electron chi connectivity index (χ0n) is 7.49. The highest BCUT2D eigenvalue weighted by Crippen LogP contribution is 2.02. The molecule has 0 aromatic heterocycles. The Balaban J connectivity index is 3.82. The summed E-state index contributed by atoms with van der Waals surface area (Å²) in [5.74, 6) is -0.816. The Bertz CT molecular complexity index is 230. The maximum Gasteiger partial charge on any atom is 0.244 e. The topological polar surface area (TPSA) is 89.3 Å². The predicted octanol–water partition coefficient (Wildman–Crippen LogP) is -0.744. The van der Waals surface area contributed by atoms with E-state index in [1.165, 1.54) is 13.8 Å². The van der Waals surface area contributed by atoms with E-state index in [4.69, 9.17) is 5.73 Å². The van der Waals surface area contributed by atoms with E-state index in [0.29, 0.717) is 0 Å². The van der Waals surface area contributed by atoms with Crippen LogP contribution in [0.4, 0.5) is 0 Å². The van der Waals surface area contributed by atoms with Crippen molar-refractivity contribution < 1.29 is 14.4 Å². The van der Waals surface area contributed by atoms with Gasteiger partial charge < -0.3 is 5.73 Å². The number of carbonyl (C=O) groups excluding carboxylic acids is 3. The summed E-state index contributed by atoms with van der Waals surface area (Å²) < 4.78 is 0. The van der Waals surface area contributed by atoms with Gasteiger partial charge in [0.2, 0.25) is 11.8 Å². The number of imide groups is 1. The largest absolute Gasteiger partial charge is 0.319 e. The lowest BCUT2D eigenvalue weighted by atomic mass is 10.3. The molecular weight excluding hydrogens is 192 g/mol. The Morgan fingerprint density at radius 1 is 1.38 bits per heavy atom. The van der Waals surface area contributed by atoms with Gasteiger partial charge in [-0.05, 0) is 0 Å². The summed E-state index contributed by atoms with van der Waals surface area (Å²) in [4.78, 5) is 31.9. The van der Waals surface area contributed by atoms with Crippen LogP contribution in [0.25, 0.3) is 0 Å². The van der Waals surface area contributed by atoms with Crippen LogP contribution in [0, 0.1) is 0 Å². The Kier molecular flexibility index (Phi) is 5.33. The highest BCUT2D eigenvalue weighted by Gasteiger charge is 2.14. The van der Waals surface area contributed by atoms with Gasteiger partial charge in [-0.3, -0.25) is 19.7 Å². The minimum absolute atomic E-state index is 0.105. The van der Waals surface area contributed by atoms with Gasteiger partial charge in [-0.2, -0.15) is 0 Å². The molecule has 74 valence electrons. The van der Waals surface area contributed by atoms with E-state index in [2.05, 4.69) is 0 Å². The van der Waals surface area contributed by atoms with Crippen molar-refractivity contribution in [2.75, 3.05) is 5.75 Å². The molecule has 0 bridgehead atoms. The molecule has 0 saturated heterocycles. The van der Waals surface area contributed by atoms with Crippen molar-refractivity contribution in [3.05, 3.63) is 0 Å². The van der Waals surface area contributed by atoms with E-state index in [9.17, 15) is 14.4 Å². The summed E-state index contributed by atoms with van der Waals surface area (Å²) >= 11 is 0.959. The third-order valence-electron chi connectivity index (χ3n) is 1.10. The van der Waals surface area contributed by atoms with Crippen LogP contribution in [0.2, 0.25) is 0 Å². The van der Waals surface area contributed by atoms with Crippen LogP contribution >= 0.6 is 11.8 Å². The second kappa shape index (κ2) is 5.71. The zero-order chi connectivity index (χ0) is 10.4. The first-order valence-corrected chi connectivity index (χ1v) is 4.62. The SMILES string of the molecule is CC(=O)NC(=O)C(N)CSC(C)=O. The average molecular weight is 204 g/mol. The number of hydrogen-bond acceptors (Lipinski definition) is 5. The molecule has 0 aliphatic heterocycles. The van der Waals surface area contributed by atoms with Crippen molar-refractivity contribution in [3.63, 3.8) is 0 Å². The Morgan fingerprint density at radius 2 is 1.92 bits per heavy atom. The molecule has 0 radical (unpaired) electrons. The second-order valence-electron chi connectivity index (χ2n) is 2.45. The number of hydrogen-bond donors (Lipinski definition) is 2. The molecule has 0 heterocycles. The molecule has 1 unspecified atom stereocenters. The van der Waals surface area contributed by atoms with Gasteiger partial charge in [0.25, 0.3) is 0 Å². The van der Waals surface area contributed by atoms with Gasteiger partial charge >= 0.3 is 0 Å². The summed E-state index contributed by atoms with van der Waals surface area (Å²) in [5.41, 5.74) is 5.38. The lowest BCUT2D eigenvalue weighted by Gasteiger charge is -2.08. The molecule has 0 aromatic carbocycles. The first-order chi connectivity index (χ1) is 5.93. The molecule has 0 saturated carbocycles. The molecule has 0 spiro atoms. The smallest absolute Gasteiger partial charge is 0.244 e. The summed E-state index contributed by atoms with van der Waals surface area (Å²) in [6.07, 6.45) is 0. The maximum absolute atomic E-state index is 11.0. The van der Waals surface area contributed by atoms with Gasteiger partial charge in [-0.25, -0.2) is 0 Å². The normalized spacial score (nSPS) is 11.9. The maximum atomic E-state index is 11.0. The van der Waals surface area contributed by atoms with Gasteiger partial charge in [-0.15, -0.1) is 0 Å². The Labute approximate surface area is 80.4 Å². The van der Waals surface area contributed by atoms with Crippen LogP contribution in [-0.2, 0) is 14.4 Å². The average Bonchev–Trinajstić information content (AvgIpc) is 1.98.